The zero-order chi connectivity index (χ0) is 23.6. The Balaban J connectivity index is 1.78. The number of carbonyl (C=O) groups is 1. The number of carbonyl (C=O) groups excluding carboxylic acids is 1. The van der Waals surface area contributed by atoms with Crippen LogP contribution >= 0.6 is 0 Å². The van der Waals surface area contributed by atoms with Crippen molar-refractivity contribution >= 4 is 11.6 Å². The quantitative estimate of drug-likeness (QED) is 0.588. The lowest BCUT2D eigenvalue weighted by Crippen LogP contribution is -2.31. The number of nitrogens with zero attached hydrogens (tertiary/aromatic N) is 4. The number of pyridine rings is 2. The predicted molar refractivity (Wildman–Crippen MR) is 115 cm³/mol. The van der Waals surface area contributed by atoms with Gasteiger partial charge in [0.1, 0.15) is 11.5 Å². The number of halogens is 3. The van der Waals surface area contributed by atoms with E-state index in [1.807, 2.05) is 0 Å². The van der Waals surface area contributed by atoms with Gasteiger partial charge in [0.2, 0.25) is 5.92 Å². The molecule has 2 atom stereocenters. The molecule has 0 radical (unpaired) electrons. The molecule has 0 aliphatic heterocycles. The van der Waals surface area contributed by atoms with E-state index in [9.17, 15) is 18.0 Å². The van der Waals surface area contributed by atoms with Crippen LogP contribution < -0.4 is 10.1 Å². The van der Waals surface area contributed by atoms with Gasteiger partial charge in [-0.15, -0.1) is 0 Å². The molecule has 1 N–H and O–H groups in total. The molecule has 0 unspecified atom stereocenters. The first-order valence-electron chi connectivity index (χ1n) is 10.4. The third kappa shape index (κ3) is 4.79. The fourth-order valence-electron chi connectivity index (χ4n) is 4.17. The van der Waals surface area contributed by atoms with Gasteiger partial charge < -0.3 is 10.1 Å². The standard InChI is InChI=1S/C23H22F3N5O2/c1-13-10-23(25,26)7-5-15(13)19-20(31-21(32)14-11-29-22(33-2)30-12-14)16(6-9-28-19)18-17(24)4-3-8-27-18/h3-4,6,8-9,11-13,15H,5,7,10H2,1-2H3,(H,31,32)/t13-,15+/m1/s1. The number of anilines is 1. The van der Waals surface area contributed by atoms with Crippen molar-refractivity contribution in [2.75, 3.05) is 12.4 Å². The minimum Gasteiger partial charge on any atom is -0.467 e. The second-order valence-corrected chi connectivity index (χ2v) is 8.05. The third-order valence-corrected chi connectivity index (χ3v) is 5.79. The monoisotopic (exact) mass is 457 g/mol. The van der Waals surface area contributed by atoms with Crippen LogP contribution in [0.5, 0.6) is 6.01 Å². The summed E-state index contributed by atoms with van der Waals surface area (Å²) in [7, 11) is 1.40. The van der Waals surface area contributed by atoms with Crippen LogP contribution in [0, 0.1) is 11.7 Å². The van der Waals surface area contributed by atoms with Crippen LogP contribution in [0.25, 0.3) is 11.3 Å². The maximum absolute atomic E-state index is 14.6. The summed E-state index contributed by atoms with van der Waals surface area (Å²) in [6.45, 7) is 1.73. The van der Waals surface area contributed by atoms with Crippen LogP contribution in [-0.4, -0.2) is 38.9 Å². The van der Waals surface area contributed by atoms with Gasteiger partial charge in [0.15, 0.2) is 0 Å². The van der Waals surface area contributed by atoms with Gasteiger partial charge in [-0.25, -0.2) is 23.1 Å². The van der Waals surface area contributed by atoms with Gasteiger partial charge in [0.25, 0.3) is 5.91 Å². The highest BCUT2D eigenvalue weighted by atomic mass is 19.3. The van der Waals surface area contributed by atoms with Crippen molar-refractivity contribution in [3.05, 3.63) is 60.1 Å². The number of amides is 1. The molecule has 10 heteroatoms. The van der Waals surface area contributed by atoms with Crippen molar-refractivity contribution in [2.45, 2.75) is 38.0 Å². The van der Waals surface area contributed by atoms with E-state index in [-0.39, 0.29) is 48.1 Å². The first-order valence-corrected chi connectivity index (χ1v) is 10.4. The SMILES string of the molecule is COc1ncc(C(=O)Nc2c(-c3ncccc3F)ccnc2[C@H]2CCC(F)(F)C[C@H]2C)cn1. The van der Waals surface area contributed by atoms with Crippen molar-refractivity contribution in [1.29, 1.82) is 0 Å². The molecular weight excluding hydrogens is 435 g/mol. The second-order valence-electron chi connectivity index (χ2n) is 8.05. The van der Waals surface area contributed by atoms with Crippen LogP contribution in [0.3, 0.4) is 0 Å². The van der Waals surface area contributed by atoms with Gasteiger partial charge in [-0.1, -0.05) is 6.92 Å². The van der Waals surface area contributed by atoms with E-state index in [1.54, 1.807) is 6.92 Å². The molecule has 0 aromatic carbocycles. The number of hydrogen-bond donors (Lipinski definition) is 1. The lowest BCUT2D eigenvalue weighted by Gasteiger charge is -2.34. The molecule has 1 saturated carbocycles. The number of alkyl halides is 2. The Morgan fingerprint density at radius 2 is 1.91 bits per heavy atom. The van der Waals surface area contributed by atoms with Gasteiger partial charge in [0.05, 0.1) is 24.1 Å². The molecule has 33 heavy (non-hydrogen) atoms. The molecule has 0 spiro atoms. The van der Waals surface area contributed by atoms with Crippen LogP contribution in [0.15, 0.2) is 43.0 Å². The molecule has 0 saturated heterocycles. The average molecular weight is 457 g/mol. The number of hydrogen-bond acceptors (Lipinski definition) is 6. The summed E-state index contributed by atoms with van der Waals surface area (Å²) in [5, 5.41) is 2.78. The Kier molecular flexibility index (Phi) is 6.26. The van der Waals surface area contributed by atoms with Crippen LogP contribution in [0.2, 0.25) is 0 Å². The highest BCUT2D eigenvalue weighted by Crippen LogP contribution is 2.47. The largest absolute Gasteiger partial charge is 0.467 e. The maximum Gasteiger partial charge on any atom is 0.316 e. The second kappa shape index (κ2) is 9.13. The highest BCUT2D eigenvalue weighted by Gasteiger charge is 2.41. The Hall–Kier alpha value is -3.56. The van der Waals surface area contributed by atoms with Crippen molar-refractivity contribution < 1.29 is 22.7 Å². The summed E-state index contributed by atoms with van der Waals surface area (Å²) in [5.41, 5.74) is 1.13. The molecule has 3 aromatic rings. The van der Waals surface area contributed by atoms with Gasteiger partial charge in [-0.3, -0.25) is 14.8 Å². The molecule has 3 heterocycles. The van der Waals surface area contributed by atoms with Gasteiger partial charge in [-0.2, -0.15) is 0 Å². The summed E-state index contributed by atoms with van der Waals surface area (Å²) in [6.07, 6.45) is 5.11. The number of aromatic nitrogens is 4. The summed E-state index contributed by atoms with van der Waals surface area (Å²) in [6, 6.07) is 4.35. The lowest BCUT2D eigenvalue weighted by molar-refractivity contribution is -0.0558. The van der Waals surface area contributed by atoms with Crippen molar-refractivity contribution in [2.24, 2.45) is 5.92 Å². The van der Waals surface area contributed by atoms with Gasteiger partial charge in [-0.05, 0) is 30.5 Å². The summed E-state index contributed by atoms with van der Waals surface area (Å²) in [4.78, 5) is 29.4. The van der Waals surface area contributed by atoms with Crippen molar-refractivity contribution in [1.82, 2.24) is 19.9 Å². The predicted octanol–water partition coefficient (Wildman–Crippen LogP) is 4.87. The van der Waals surface area contributed by atoms with Crippen molar-refractivity contribution in [3.63, 3.8) is 0 Å². The molecule has 1 aliphatic carbocycles. The van der Waals surface area contributed by atoms with E-state index >= 15 is 0 Å². The van der Waals surface area contributed by atoms with Gasteiger partial charge in [0, 0.05) is 49.1 Å². The Morgan fingerprint density at radius 1 is 1.15 bits per heavy atom. The Labute approximate surface area is 188 Å². The minimum atomic E-state index is -2.75. The van der Waals surface area contributed by atoms with E-state index in [1.165, 1.54) is 50.1 Å². The highest BCUT2D eigenvalue weighted by molar-refractivity contribution is 6.06. The lowest BCUT2D eigenvalue weighted by atomic mass is 9.76. The molecule has 1 fully saturated rings. The number of rotatable bonds is 5. The molecule has 4 rings (SSSR count). The van der Waals surface area contributed by atoms with E-state index in [4.69, 9.17) is 4.74 Å². The van der Waals surface area contributed by atoms with E-state index < -0.39 is 23.6 Å². The fraction of sp³-hybridized carbons (Fsp3) is 0.348. The molecule has 1 amide bonds. The normalized spacial score (nSPS) is 19.7. The summed E-state index contributed by atoms with van der Waals surface area (Å²) in [5.74, 6) is -4.63. The first kappa shape index (κ1) is 22.6. The summed E-state index contributed by atoms with van der Waals surface area (Å²) >= 11 is 0. The topological polar surface area (TPSA) is 89.9 Å². The molecule has 7 nitrogen and oxygen atoms in total. The maximum atomic E-state index is 14.6. The van der Waals surface area contributed by atoms with Crippen molar-refractivity contribution in [3.8, 4) is 17.3 Å². The van der Waals surface area contributed by atoms with E-state index in [0.717, 1.165) is 0 Å². The molecular formula is C23H22F3N5O2. The number of ether oxygens (including phenoxy) is 1. The van der Waals surface area contributed by atoms with E-state index in [0.29, 0.717) is 11.3 Å². The summed E-state index contributed by atoms with van der Waals surface area (Å²) < 4.78 is 47.5. The molecule has 172 valence electrons. The fourth-order valence-corrected chi connectivity index (χ4v) is 4.17. The number of nitrogens with one attached hydrogen (secondary N) is 1. The zero-order valence-electron chi connectivity index (χ0n) is 18.1. The smallest absolute Gasteiger partial charge is 0.316 e. The molecule has 1 aliphatic rings. The Bertz CT molecular complexity index is 1160. The first-order chi connectivity index (χ1) is 15.8. The molecule has 3 aromatic heterocycles. The van der Waals surface area contributed by atoms with Crippen LogP contribution in [0.4, 0.5) is 18.9 Å². The number of methoxy groups -OCH3 is 1. The minimum absolute atomic E-state index is 0.0243. The van der Waals surface area contributed by atoms with Gasteiger partial charge >= 0.3 is 6.01 Å². The zero-order valence-corrected chi connectivity index (χ0v) is 18.1. The molecule has 0 bridgehead atoms. The average Bonchev–Trinajstić information content (AvgIpc) is 2.79. The van der Waals surface area contributed by atoms with E-state index in [2.05, 4.69) is 25.3 Å². The van der Waals surface area contributed by atoms with Crippen LogP contribution in [-0.2, 0) is 0 Å². The Morgan fingerprint density at radius 3 is 2.58 bits per heavy atom. The van der Waals surface area contributed by atoms with Crippen LogP contribution in [0.1, 0.15) is 48.2 Å². The third-order valence-electron chi connectivity index (χ3n) is 5.79.